The average molecular weight is 255 g/mol. The lowest BCUT2D eigenvalue weighted by atomic mass is 10.1. The van der Waals surface area contributed by atoms with Crippen molar-refractivity contribution in [2.45, 2.75) is 19.4 Å². The van der Waals surface area contributed by atoms with Crippen LogP contribution in [0.1, 0.15) is 25.0 Å². The molecule has 0 aromatic heterocycles. The molecule has 2 N–H and O–H groups in total. The molecule has 0 heterocycles. The van der Waals surface area contributed by atoms with E-state index < -0.39 is 17.7 Å². The van der Waals surface area contributed by atoms with Crippen molar-refractivity contribution in [2.75, 3.05) is 6.54 Å². The summed E-state index contributed by atoms with van der Waals surface area (Å²) < 4.78 is 25.7. The number of carbonyl (C=O) groups excluding carboxylic acids is 1. The maximum Gasteiger partial charge on any atom is 0.223 e. The van der Waals surface area contributed by atoms with Crippen LogP contribution in [0.2, 0.25) is 0 Å². The van der Waals surface area contributed by atoms with E-state index >= 15 is 0 Å². The van der Waals surface area contributed by atoms with Crippen LogP contribution < -0.4 is 5.32 Å². The topological polar surface area (TPSA) is 49.3 Å². The van der Waals surface area contributed by atoms with Crippen LogP contribution in [-0.2, 0) is 4.79 Å². The van der Waals surface area contributed by atoms with E-state index in [9.17, 15) is 18.7 Å². The van der Waals surface area contributed by atoms with Gasteiger partial charge in [-0.1, -0.05) is 13.0 Å². The summed E-state index contributed by atoms with van der Waals surface area (Å²) in [5.74, 6) is -1.63. The first-order valence-corrected chi connectivity index (χ1v) is 5.89. The zero-order chi connectivity index (χ0) is 13.3. The van der Waals surface area contributed by atoms with Crippen LogP contribution in [0.15, 0.2) is 18.2 Å². The van der Waals surface area contributed by atoms with Gasteiger partial charge in [0.2, 0.25) is 5.91 Å². The molecule has 0 saturated heterocycles. The standard InChI is InChI=1S/C13H15F2NO2/c1-7-4-9(7)13(18)16-6-12(17)8-2-3-10(14)11(15)5-8/h2-3,5,7,9,12,17H,4,6H2,1H3,(H,16,18). The first-order chi connectivity index (χ1) is 8.49. The molecule has 0 spiro atoms. The molecule has 1 aliphatic rings. The van der Waals surface area contributed by atoms with Gasteiger partial charge in [-0.15, -0.1) is 0 Å². The second-order valence-electron chi connectivity index (χ2n) is 4.75. The molecule has 0 radical (unpaired) electrons. The Balaban J connectivity index is 1.89. The van der Waals surface area contributed by atoms with E-state index in [1.807, 2.05) is 6.92 Å². The van der Waals surface area contributed by atoms with E-state index in [1.54, 1.807) is 0 Å². The second-order valence-corrected chi connectivity index (χ2v) is 4.75. The number of carbonyl (C=O) groups is 1. The lowest BCUT2D eigenvalue weighted by molar-refractivity contribution is -0.123. The molecule has 3 unspecified atom stereocenters. The molecule has 3 nitrogen and oxygen atoms in total. The summed E-state index contributed by atoms with van der Waals surface area (Å²) in [6, 6.07) is 3.19. The van der Waals surface area contributed by atoms with Gasteiger partial charge in [-0.2, -0.15) is 0 Å². The molecule has 1 aromatic rings. The monoisotopic (exact) mass is 255 g/mol. The molecule has 1 fully saturated rings. The van der Waals surface area contributed by atoms with Gasteiger partial charge < -0.3 is 10.4 Å². The highest BCUT2D eigenvalue weighted by Gasteiger charge is 2.38. The minimum atomic E-state index is -1.03. The van der Waals surface area contributed by atoms with Crippen molar-refractivity contribution in [2.24, 2.45) is 11.8 Å². The molecule has 98 valence electrons. The van der Waals surface area contributed by atoms with Gasteiger partial charge in [0, 0.05) is 12.5 Å². The Kier molecular flexibility index (Phi) is 3.61. The lowest BCUT2D eigenvalue weighted by Crippen LogP contribution is -2.30. The van der Waals surface area contributed by atoms with Crippen LogP contribution >= 0.6 is 0 Å². The Morgan fingerprint density at radius 3 is 2.72 bits per heavy atom. The van der Waals surface area contributed by atoms with E-state index in [0.717, 1.165) is 18.6 Å². The van der Waals surface area contributed by atoms with Gasteiger partial charge >= 0.3 is 0 Å². The molecular weight excluding hydrogens is 240 g/mol. The number of benzene rings is 1. The van der Waals surface area contributed by atoms with Crippen molar-refractivity contribution in [1.82, 2.24) is 5.32 Å². The molecule has 0 bridgehead atoms. The van der Waals surface area contributed by atoms with Crippen LogP contribution in [0.3, 0.4) is 0 Å². The second kappa shape index (κ2) is 5.02. The highest BCUT2D eigenvalue weighted by molar-refractivity contribution is 5.81. The fourth-order valence-electron chi connectivity index (χ4n) is 1.85. The van der Waals surface area contributed by atoms with E-state index in [2.05, 4.69) is 5.32 Å². The molecular formula is C13H15F2NO2. The normalized spacial score (nSPS) is 23.6. The average Bonchev–Trinajstić information content (AvgIpc) is 3.06. The molecule has 5 heteroatoms. The third-order valence-electron chi connectivity index (χ3n) is 3.24. The number of hydrogen-bond donors (Lipinski definition) is 2. The fourth-order valence-corrected chi connectivity index (χ4v) is 1.85. The van der Waals surface area contributed by atoms with Gasteiger partial charge in [-0.25, -0.2) is 8.78 Å². The van der Waals surface area contributed by atoms with Gasteiger partial charge in [0.05, 0.1) is 6.10 Å². The Hall–Kier alpha value is -1.49. The van der Waals surface area contributed by atoms with Crippen molar-refractivity contribution in [3.8, 4) is 0 Å². The molecule has 1 aromatic carbocycles. The van der Waals surface area contributed by atoms with E-state index in [0.29, 0.717) is 5.92 Å². The van der Waals surface area contributed by atoms with Crippen LogP contribution in [-0.4, -0.2) is 17.6 Å². The molecule has 0 aliphatic heterocycles. The molecule has 3 atom stereocenters. The van der Waals surface area contributed by atoms with Crippen molar-refractivity contribution in [1.29, 1.82) is 0 Å². The van der Waals surface area contributed by atoms with Crippen molar-refractivity contribution in [3.63, 3.8) is 0 Å². The SMILES string of the molecule is CC1CC1C(=O)NCC(O)c1ccc(F)c(F)c1. The third-order valence-corrected chi connectivity index (χ3v) is 3.24. The number of aliphatic hydroxyl groups is 1. The van der Waals surface area contributed by atoms with Gasteiger partial charge in [0.25, 0.3) is 0 Å². The highest BCUT2D eigenvalue weighted by Crippen LogP contribution is 2.37. The van der Waals surface area contributed by atoms with E-state index in [4.69, 9.17) is 0 Å². The van der Waals surface area contributed by atoms with Crippen LogP contribution in [0.25, 0.3) is 0 Å². The molecule has 1 amide bonds. The maximum absolute atomic E-state index is 13.0. The third kappa shape index (κ3) is 2.85. The first-order valence-electron chi connectivity index (χ1n) is 5.89. The lowest BCUT2D eigenvalue weighted by Gasteiger charge is -2.12. The van der Waals surface area contributed by atoms with Crippen LogP contribution in [0.5, 0.6) is 0 Å². The van der Waals surface area contributed by atoms with E-state index in [1.165, 1.54) is 6.07 Å². The maximum atomic E-state index is 13.0. The predicted molar refractivity (Wildman–Crippen MR) is 61.6 cm³/mol. The van der Waals surface area contributed by atoms with Crippen LogP contribution in [0, 0.1) is 23.5 Å². The van der Waals surface area contributed by atoms with Crippen molar-refractivity contribution >= 4 is 5.91 Å². The summed E-state index contributed by atoms with van der Waals surface area (Å²) in [6.07, 6.45) is -0.161. The van der Waals surface area contributed by atoms with Gasteiger partial charge in [-0.3, -0.25) is 4.79 Å². The summed E-state index contributed by atoms with van der Waals surface area (Å²) in [7, 11) is 0. The number of aliphatic hydroxyl groups excluding tert-OH is 1. The van der Waals surface area contributed by atoms with E-state index in [-0.39, 0.29) is 23.9 Å². The quantitative estimate of drug-likeness (QED) is 0.861. The van der Waals surface area contributed by atoms with Crippen LogP contribution in [0.4, 0.5) is 8.78 Å². The fraction of sp³-hybridized carbons (Fsp3) is 0.462. The minimum Gasteiger partial charge on any atom is -0.387 e. The number of hydrogen-bond acceptors (Lipinski definition) is 2. The Bertz CT molecular complexity index is 464. The summed E-state index contributed by atoms with van der Waals surface area (Å²) in [4.78, 5) is 11.5. The van der Waals surface area contributed by atoms with Crippen molar-refractivity contribution in [3.05, 3.63) is 35.4 Å². The largest absolute Gasteiger partial charge is 0.387 e. The number of amides is 1. The smallest absolute Gasteiger partial charge is 0.223 e. The summed E-state index contributed by atoms with van der Waals surface area (Å²) in [5.41, 5.74) is 0.248. The Labute approximate surface area is 104 Å². The first kappa shape index (κ1) is 13.0. The number of nitrogens with one attached hydrogen (secondary N) is 1. The molecule has 18 heavy (non-hydrogen) atoms. The Morgan fingerprint density at radius 2 is 2.17 bits per heavy atom. The molecule has 1 aliphatic carbocycles. The summed E-state index contributed by atoms with van der Waals surface area (Å²) in [6.45, 7) is 1.99. The Morgan fingerprint density at radius 1 is 1.50 bits per heavy atom. The zero-order valence-electron chi connectivity index (χ0n) is 9.99. The highest BCUT2D eigenvalue weighted by atomic mass is 19.2. The molecule has 1 saturated carbocycles. The van der Waals surface area contributed by atoms with Gasteiger partial charge in [0.1, 0.15) is 0 Å². The summed E-state index contributed by atoms with van der Waals surface area (Å²) in [5, 5.41) is 12.4. The molecule has 2 rings (SSSR count). The number of halogens is 2. The predicted octanol–water partition coefficient (Wildman–Crippen LogP) is 1.77. The van der Waals surface area contributed by atoms with Crippen molar-refractivity contribution < 1.29 is 18.7 Å². The number of rotatable bonds is 4. The summed E-state index contributed by atoms with van der Waals surface area (Å²) >= 11 is 0. The van der Waals surface area contributed by atoms with Gasteiger partial charge in [-0.05, 0) is 30.0 Å². The zero-order valence-corrected chi connectivity index (χ0v) is 9.99. The minimum absolute atomic E-state index is 0.00707. The van der Waals surface area contributed by atoms with Gasteiger partial charge in [0.15, 0.2) is 11.6 Å².